The van der Waals surface area contributed by atoms with E-state index in [9.17, 15) is 9.59 Å². The van der Waals surface area contributed by atoms with Crippen molar-refractivity contribution in [3.05, 3.63) is 29.6 Å². The fraction of sp³-hybridized carbons (Fsp3) is 0.650. The standard InChI is InChI=1S/C20H28N2O3/c1-25-20(24)15-10-5-6-11-17(15)22-19(23)18-13-7-12-16(21-18)14-8-3-2-4-9-14/h7,12-15,17H,2-6,8-11H2,1H3,(H,22,23). The first-order valence-electron chi connectivity index (χ1n) is 9.54. The van der Waals surface area contributed by atoms with Crippen LogP contribution in [0.1, 0.15) is 79.9 Å². The van der Waals surface area contributed by atoms with E-state index in [1.54, 1.807) is 6.07 Å². The molecule has 2 atom stereocenters. The maximum Gasteiger partial charge on any atom is 0.310 e. The second kappa shape index (κ2) is 8.45. The second-order valence-corrected chi connectivity index (χ2v) is 7.28. The van der Waals surface area contributed by atoms with Gasteiger partial charge < -0.3 is 10.1 Å². The van der Waals surface area contributed by atoms with Gasteiger partial charge in [-0.3, -0.25) is 9.59 Å². The number of carbonyl (C=O) groups excluding carboxylic acids is 2. The first-order valence-corrected chi connectivity index (χ1v) is 9.54. The first-order chi connectivity index (χ1) is 12.2. The van der Waals surface area contributed by atoms with Gasteiger partial charge in [-0.2, -0.15) is 0 Å². The van der Waals surface area contributed by atoms with Crippen LogP contribution in [0.5, 0.6) is 0 Å². The zero-order valence-corrected chi connectivity index (χ0v) is 15.0. The molecule has 0 spiro atoms. The number of pyridine rings is 1. The van der Waals surface area contributed by atoms with E-state index < -0.39 is 0 Å². The summed E-state index contributed by atoms with van der Waals surface area (Å²) in [4.78, 5) is 29.3. The molecule has 136 valence electrons. The van der Waals surface area contributed by atoms with E-state index in [1.807, 2.05) is 12.1 Å². The fourth-order valence-electron chi connectivity index (χ4n) is 4.18. The van der Waals surface area contributed by atoms with Gasteiger partial charge in [-0.25, -0.2) is 4.98 Å². The molecule has 1 heterocycles. The van der Waals surface area contributed by atoms with Crippen molar-refractivity contribution < 1.29 is 14.3 Å². The molecule has 1 aromatic rings. The van der Waals surface area contributed by atoms with Crippen LogP contribution in [0.3, 0.4) is 0 Å². The largest absolute Gasteiger partial charge is 0.469 e. The number of amides is 1. The minimum Gasteiger partial charge on any atom is -0.469 e. The lowest BCUT2D eigenvalue weighted by molar-refractivity contribution is -0.147. The normalized spacial score (nSPS) is 24.5. The summed E-state index contributed by atoms with van der Waals surface area (Å²) in [6, 6.07) is 5.56. The maximum atomic E-state index is 12.7. The van der Waals surface area contributed by atoms with E-state index in [2.05, 4.69) is 10.3 Å². The van der Waals surface area contributed by atoms with Gasteiger partial charge in [0.1, 0.15) is 5.69 Å². The van der Waals surface area contributed by atoms with Crippen LogP contribution in [-0.4, -0.2) is 30.0 Å². The zero-order chi connectivity index (χ0) is 17.6. The molecule has 0 radical (unpaired) electrons. The van der Waals surface area contributed by atoms with Crippen LogP contribution in [0, 0.1) is 5.92 Å². The Hall–Kier alpha value is -1.91. The number of hydrogen-bond acceptors (Lipinski definition) is 4. The summed E-state index contributed by atoms with van der Waals surface area (Å²) < 4.78 is 4.90. The third-order valence-electron chi connectivity index (χ3n) is 5.61. The predicted octanol–water partition coefficient (Wildman–Crippen LogP) is 3.59. The molecule has 2 unspecified atom stereocenters. The molecule has 1 N–H and O–H groups in total. The molecule has 2 saturated carbocycles. The van der Waals surface area contributed by atoms with Crippen molar-refractivity contribution in [3.63, 3.8) is 0 Å². The fourth-order valence-corrected chi connectivity index (χ4v) is 4.18. The Morgan fingerprint density at radius 2 is 1.76 bits per heavy atom. The van der Waals surface area contributed by atoms with Gasteiger partial charge in [0.15, 0.2) is 0 Å². The summed E-state index contributed by atoms with van der Waals surface area (Å²) in [7, 11) is 1.41. The molecule has 3 rings (SSSR count). The average Bonchev–Trinajstić information content (AvgIpc) is 2.68. The lowest BCUT2D eigenvalue weighted by atomic mass is 9.84. The van der Waals surface area contributed by atoms with Gasteiger partial charge in [0.25, 0.3) is 5.91 Å². The monoisotopic (exact) mass is 344 g/mol. The highest BCUT2D eigenvalue weighted by Gasteiger charge is 2.33. The number of nitrogens with zero attached hydrogens (tertiary/aromatic N) is 1. The van der Waals surface area contributed by atoms with Crippen molar-refractivity contribution >= 4 is 11.9 Å². The van der Waals surface area contributed by atoms with Gasteiger partial charge in [0.2, 0.25) is 0 Å². The van der Waals surface area contributed by atoms with E-state index in [4.69, 9.17) is 4.74 Å². The van der Waals surface area contributed by atoms with Crippen LogP contribution < -0.4 is 5.32 Å². The Balaban J connectivity index is 1.68. The van der Waals surface area contributed by atoms with Crippen molar-refractivity contribution in [2.75, 3.05) is 7.11 Å². The Morgan fingerprint density at radius 3 is 2.52 bits per heavy atom. The predicted molar refractivity (Wildman–Crippen MR) is 95.3 cm³/mol. The Morgan fingerprint density at radius 1 is 1.04 bits per heavy atom. The third-order valence-corrected chi connectivity index (χ3v) is 5.61. The lowest BCUT2D eigenvalue weighted by Gasteiger charge is -2.30. The molecular formula is C20H28N2O3. The molecule has 1 amide bonds. The minimum absolute atomic E-state index is 0.158. The summed E-state index contributed by atoms with van der Waals surface area (Å²) in [6.45, 7) is 0. The van der Waals surface area contributed by atoms with Gasteiger partial charge in [0, 0.05) is 17.7 Å². The lowest BCUT2D eigenvalue weighted by Crippen LogP contribution is -2.45. The summed E-state index contributed by atoms with van der Waals surface area (Å²) in [5.74, 6) is -0.185. The van der Waals surface area contributed by atoms with Crippen molar-refractivity contribution in [1.29, 1.82) is 0 Å². The number of ether oxygens (including phenoxy) is 1. The molecule has 0 bridgehead atoms. The highest BCUT2D eigenvalue weighted by atomic mass is 16.5. The van der Waals surface area contributed by atoms with Crippen LogP contribution >= 0.6 is 0 Å². The van der Waals surface area contributed by atoms with E-state index in [0.717, 1.165) is 44.2 Å². The maximum absolute atomic E-state index is 12.7. The van der Waals surface area contributed by atoms with Crippen LogP contribution in [-0.2, 0) is 9.53 Å². The SMILES string of the molecule is COC(=O)C1CCCCC1NC(=O)c1cccc(C2CCCCC2)n1. The van der Waals surface area contributed by atoms with Crippen LogP contribution in [0.25, 0.3) is 0 Å². The molecule has 2 fully saturated rings. The Bertz CT molecular complexity index is 611. The minimum atomic E-state index is -0.246. The molecule has 0 saturated heterocycles. The number of nitrogens with one attached hydrogen (secondary N) is 1. The summed E-state index contributed by atoms with van der Waals surface area (Å²) in [5, 5.41) is 3.03. The smallest absolute Gasteiger partial charge is 0.310 e. The van der Waals surface area contributed by atoms with E-state index >= 15 is 0 Å². The van der Waals surface area contributed by atoms with Gasteiger partial charge >= 0.3 is 5.97 Å². The van der Waals surface area contributed by atoms with Crippen LogP contribution in [0.2, 0.25) is 0 Å². The zero-order valence-electron chi connectivity index (χ0n) is 15.0. The average molecular weight is 344 g/mol. The van der Waals surface area contributed by atoms with Crippen LogP contribution in [0.15, 0.2) is 18.2 Å². The van der Waals surface area contributed by atoms with Gasteiger partial charge in [0.05, 0.1) is 13.0 Å². The highest BCUT2D eigenvalue weighted by Crippen LogP contribution is 2.31. The summed E-state index contributed by atoms with van der Waals surface area (Å²) in [5.41, 5.74) is 1.48. The molecule has 5 heteroatoms. The molecule has 0 aromatic carbocycles. The van der Waals surface area contributed by atoms with Gasteiger partial charge in [-0.1, -0.05) is 38.2 Å². The topological polar surface area (TPSA) is 68.3 Å². The van der Waals surface area contributed by atoms with Gasteiger partial charge in [-0.15, -0.1) is 0 Å². The number of rotatable bonds is 4. The molecule has 2 aliphatic rings. The second-order valence-electron chi connectivity index (χ2n) is 7.28. The quantitative estimate of drug-likeness (QED) is 0.848. The van der Waals surface area contributed by atoms with E-state index in [0.29, 0.717) is 11.6 Å². The first kappa shape index (κ1) is 17.9. The molecular weight excluding hydrogens is 316 g/mol. The molecule has 5 nitrogen and oxygen atoms in total. The van der Waals surface area contributed by atoms with E-state index in [1.165, 1.54) is 26.4 Å². The van der Waals surface area contributed by atoms with Gasteiger partial charge in [-0.05, 0) is 37.8 Å². The van der Waals surface area contributed by atoms with Crippen molar-refractivity contribution in [1.82, 2.24) is 10.3 Å². The van der Waals surface area contributed by atoms with Crippen molar-refractivity contribution in [2.24, 2.45) is 5.92 Å². The summed E-state index contributed by atoms with van der Waals surface area (Å²) in [6.07, 6.45) is 9.71. The third kappa shape index (κ3) is 4.39. The van der Waals surface area contributed by atoms with Crippen molar-refractivity contribution in [2.45, 2.75) is 69.7 Å². The molecule has 1 aromatic heterocycles. The Kier molecular flexibility index (Phi) is 6.05. The number of hydrogen-bond donors (Lipinski definition) is 1. The number of aromatic nitrogens is 1. The van der Waals surface area contributed by atoms with Crippen molar-refractivity contribution in [3.8, 4) is 0 Å². The number of esters is 1. The Labute approximate surface area is 149 Å². The summed E-state index contributed by atoms with van der Waals surface area (Å²) >= 11 is 0. The van der Waals surface area contributed by atoms with Crippen LogP contribution in [0.4, 0.5) is 0 Å². The molecule has 2 aliphatic carbocycles. The van der Waals surface area contributed by atoms with E-state index in [-0.39, 0.29) is 23.8 Å². The molecule has 25 heavy (non-hydrogen) atoms. The number of carbonyl (C=O) groups is 2. The molecule has 0 aliphatic heterocycles. The number of methoxy groups -OCH3 is 1. The highest BCUT2D eigenvalue weighted by molar-refractivity contribution is 5.93.